The SMILES string of the molecule is CCC(CC)NC(=O)c1sc2nc(COC)nc(OC)c2c1C. The fraction of sp³-hybridized carbons (Fsp3) is 0.562. The van der Waals surface area contributed by atoms with Crippen molar-refractivity contribution in [3.05, 3.63) is 16.3 Å². The summed E-state index contributed by atoms with van der Waals surface area (Å²) in [5.74, 6) is 0.969. The van der Waals surface area contributed by atoms with Crippen molar-refractivity contribution < 1.29 is 14.3 Å². The summed E-state index contributed by atoms with van der Waals surface area (Å²) in [6.07, 6.45) is 1.82. The van der Waals surface area contributed by atoms with Crippen LogP contribution in [0.3, 0.4) is 0 Å². The number of amides is 1. The lowest BCUT2D eigenvalue weighted by molar-refractivity contribution is 0.0938. The van der Waals surface area contributed by atoms with Crippen LogP contribution in [0.4, 0.5) is 0 Å². The Balaban J connectivity index is 2.46. The zero-order valence-corrected chi connectivity index (χ0v) is 15.0. The number of aryl methyl sites for hydroxylation is 1. The number of aromatic nitrogens is 2. The number of fused-ring (bicyclic) bond motifs is 1. The van der Waals surface area contributed by atoms with Crippen LogP contribution >= 0.6 is 11.3 Å². The Kier molecular flexibility index (Phi) is 5.90. The van der Waals surface area contributed by atoms with Crippen molar-refractivity contribution in [2.24, 2.45) is 0 Å². The molecule has 7 heteroatoms. The fourth-order valence-corrected chi connectivity index (χ4v) is 3.54. The van der Waals surface area contributed by atoms with E-state index in [0.717, 1.165) is 28.6 Å². The van der Waals surface area contributed by atoms with Crippen molar-refractivity contribution in [2.45, 2.75) is 46.3 Å². The first kappa shape index (κ1) is 17.6. The largest absolute Gasteiger partial charge is 0.480 e. The normalized spacial score (nSPS) is 11.2. The van der Waals surface area contributed by atoms with Gasteiger partial charge in [0.1, 0.15) is 11.4 Å². The van der Waals surface area contributed by atoms with Gasteiger partial charge in [-0.15, -0.1) is 11.3 Å². The van der Waals surface area contributed by atoms with Gasteiger partial charge < -0.3 is 14.8 Å². The number of thiophene rings is 1. The standard InChI is InChI=1S/C16H23N3O3S/c1-6-10(7-2)17-14(20)13-9(3)12-15(22-5)18-11(8-21-4)19-16(12)23-13/h10H,6-8H2,1-5H3,(H,17,20). The van der Waals surface area contributed by atoms with Gasteiger partial charge in [0, 0.05) is 13.2 Å². The number of carbonyl (C=O) groups excluding carboxylic acids is 1. The van der Waals surface area contributed by atoms with E-state index in [4.69, 9.17) is 9.47 Å². The number of carbonyl (C=O) groups is 1. The number of hydrogen-bond donors (Lipinski definition) is 1. The third-order valence-electron chi connectivity index (χ3n) is 3.80. The van der Waals surface area contributed by atoms with E-state index in [2.05, 4.69) is 29.1 Å². The van der Waals surface area contributed by atoms with Crippen LogP contribution in [0.5, 0.6) is 5.88 Å². The number of methoxy groups -OCH3 is 2. The molecule has 0 aromatic carbocycles. The molecule has 0 bridgehead atoms. The molecule has 2 heterocycles. The quantitative estimate of drug-likeness (QED) is 0.840. The summed E-state index contributed by atoms with van der Waals surface area (Å²) in [5, 5.41) is 3.87. The molecule has 0 fully saturated rings. The minimum Gasteiger partial charge on any atom is -0.480 e. The molecule has 0 saturated carbocycles. The summed E-state index contributed by atoms with van der Waals surface area (Å²) in [6, 6.07) is 0.184. The van der Waals surface area contributed by atoms with Crippen molar-refractivity contribution in [1.29, 1.82) is 0 Å². The van der Waals surface area contributed by atoms with Gasteiger partial charge in [0.15, 0.2) is 5.82 Å². The zero-order chi connectivity index (χ0) is 17.0. The Bertz CT molecular complexity index is 695. The monoisotopic (exact) mass is 337 g/mol. The number of ether oxygens (including phenoxy) is 2. The molecule has 0 radical (unpaired) electrons. The molecule has 0 aliphatic rings. The number of rotatable bonds is 7. The van der Waals surface area contributed by atoms with Gasteiger partial charge in [-0.3, -0.25) is 4.79 Å². The van der Waals surface area contributed by atoms with E-state index in [1.54, 1.807) is 14.2 Å². The van der Waals surface area contributed by atoms with Gasteiger partial charge in [-0.1, -0.05) is 13.8 Å². The first-order valence-electron chi connectivity index (χ1n) is 7.69. The van der Waals surface area contributed by atoms with Gasteiger partial charge in [0.25, 0.3) is 5.91 Å². The van der Waals surface area contributed by atoms with Gasteiger partial charge in [-0.2, -0.15) is 4.98 Å². The molecule has 126 valence electrons. The number of hydrogen-bond acceptors (Lipinski definition) is 6. The highest BCUT2D eigenvalue weighted by molar-refractivity contribution is 7.20. The van der Waals surface area contributed by atoms with E-state index in [0.29, 0.717) is 23.2 Å². The van der Waals surface area contributed by atoms with Crippen molar-refractivity contribution in [3.63, 3.8) is 0 Å². The van der Waals surface area contributed by atoms with Gasteiger partial charge >= 0.3 is 0 Å². The third kappa shape index (κ3) is 3.61. The molecule has 2 aromatic heterocycles. The molecule has 1 amide bonds. The van der Waals surface area contributed by atoms with Crippen LogP contribution in [-0.2, 0) is 11.3 Å². The first-order chi connectivity index (χ1) is 11.0. The summed E-state index contributed by atoms with van der Waals surface area (Å²) in [6.45, 7) is 6.34. The lowest BCUT2D eigenvalue weighted by atomic mass is 10.1. The molecule has 0 atom stereocenters. The highest BCUT2D eigenvalue weighted by atomic mass is 32.1. The minimum atomic E-state index is -0.0606. The maximum Gasteiger partial charge on any atom is 0.261 e. The highest BCUT2D eigenvalue weighted by Gasteiger charge is 2.22. The Morgan fingerprint density at radius 2 is 1.96 bits per heavy atom. The summed E-state index contributed by atoms with van der Waals surface area (Å²) < 4.78 is 10.5. The lowest BCUT2D eigenvalue weighted by Gasteiger charge is -2.14. The summed E-state index contributed by atoms with van der Waals surface area (Å²) in [5.41, 5.74) is 0.856. The van der Waals surface area contributed by atoms with Crippen LogP contribution in [0.25, 0.3) is 10.2 Å². The van der Waals surface area contributed by atoms with E-state index in [-0.39, 0.29) is 11.9 Å². The van der Waals surface area contributed by atoms with E-state index in [9.17, 15) is 4.79 Å². The smallest absolute Gasteiger partial charge is 0.261 e. The zero-order valence-electron chi connectivity index (χ0n) is 14.2. The molecule has 2 rings (SSSR count). The molecular formula is C16H23N3O3S. The topological polar surface area (TPSA) is 73.3 Å². The van der Waals surface area contributed by atoms with Crippen molar-refractivity contribution in [2.75, 3.05) is 14.2 Å². The summed E-state index contributed by atoms with van der Waals surface area (Å²) in [7, 11) is 3.16. The molecule has 0 aliphatic heterocycles. The van der Waals surface area contributed by atoms with Crippen LogP contribution < -0.4 is 10.1 Å². The van der Waals surface area contributed by atoms with Gasteiger partial charge in [0.05, 0.1) is 17.4 Å². The maximum atomic E-state index is 12.6. The summed E-state index contributed by atoms with van der Waals surface area (Å²) in [4.78, 5) is 22.8. The Morgan fingerprint density at radius 3 is 2.52 bits per heavy atom. The second-order valence-electron chi connectivity index (χ2n) is 5.31. The molecule has 1 N–H and O–H groups in total. The first-order valence-corrected chi connectivity index (χ1v) is 8.51. The number of nitrogens with zero attached hydrogens (tertiary/aromatic N) is 2. The van der Waals surface area contributed by atoms with Crippen LogP contribution in [0.2, 0.25) is 0 Å². The van der Waals surface area contributed by atoms with E-state index in [1.807, 2.05) is 6.92 Å². The molecule has 23 heavy (non-hydrogen) atoms. The Labute approximate surface area is 140 Å². The molecule has 0 saturated heterocycles. The van der Waals surface area contributed by atoms with Crippen LogP contribution in [0.15, 0.2) is 0 Å². The maximum absolute atomic E-state index is 12.6. The number of nitrogens with one attached hydrogen (secondary N) is 1. The third-order valence-corrected chi connectivity index (χ3v) is 4.98. The second kappa shape index (κ2) is 7.70. The van der Waals surface area contributed by atoms with E-state index < -0.39 is 0 Å². The average molecular weight is 337 g/mol. The molecule has 0 aliphatic carbocycles. The minimum absolute atomic E-state index is 0.0606. The highest BCUT2D eigenvalue weighted by Crippen LogP contribution is 2.35. The Hall–Kier alpha value is -1.73. The van der Waals surface area contributed by atoms with Crippen LogP contribution in [0.1, 0.15) is 47.7 Å². The van der Waals surface area contributed by atoms with Gasteiger partial charge in [0.2, 0.25) is 5.88 Å². The van der Waals surface area contributed by atoms with Gasteiger partial charge in [-0.25, -0.2) is 4.98 Å². The summed E-state index contributed by atoms with van der Waals surface area (Å²) >= 11 is 1.37. The molecule has 2 aromatic rings. The Morgan fingerprint density at radius 1 is 1.26 bits per heavy atom. The predicted octanol–water partition coefficient (Wildman–Crippen LogP) is 3.07. The predicted molar refractivity (Wildman–Crippen MR) is 91.3 cm³/mol. The molecule has 0 unspecified atom stereocenters. The van der Waals surface area contributed by atoms with E-state index in [1.165, 1.54) is 11.3 Å². The van der Waals surface area contributed by atoms with E-state index >= 15 is 0 Å². The van der Waals surface area contributed by atoms with Crippen molar-refractivity contribution >= 4 is 27.5 Å². The molecule has 6 nitrogen and oxygen atoms in total. The van der Waals surface area contributed by atoms with Crippen molar-refractivity contribution in [1.82, 2.24) is 15.3 Å². The van der Waals surface area contributed by atoms with Crippen molar-refractivity contribution in [3.8, 4) is 5.88 Å². The lowest BCUT2D eigenvalue weighted by Crippen LogP contribution is -2.33. The average Bonchev–Trinajstić information content (AvgIpc) is 2.89. The second-order valence-corrected chi connectivity index (χ2v) is 6.30. The van der Waals surface area contributed by atoms with Gasteiger partial charge in [-0.05, 0) is 25.3 Å². The fourth-order valence-electron chi connectivity index (χ4n) is 2.45. The molecule has 0 spiro atoms. The van der Waals surface area contributed by atoms with Crippen LogP contribution in [0, 0.1) is 6.92 Å². The molecular weight excluding hydrogens is 314 g/mol. The van der Waals surface area contributed by atoms with Crippen LogP contribution in [-0.4, -0.2) is 36.1 Å².